The van der Waals surface area contributed by atoms with Gasteiger partial charge in [0.05, 0.1) is 0 Å². The van der Waals surface area contributed by atoms with Crippen LogP contribution in [-0.2, 0) is 0 Å². The molecule has 2 N–H and O–H groups in total. The summed E-state index contributed by atoms with van der Waals surface area (Å²) in [7, 11) is 0. The second-order valence-corrected chi connectivity index (χ2v) is 3.90. The van der Waals surface area contributed by atoms with Crippen molar-refractivity contribution in [1.29, 1.82) is 0 Å². The monoisotopic (exact) mass is 199 g/mol. The molecule has 0 radical (unpaired) electrons. The van der Waals surface area contributed by atoms with Gasteiger partial charge in [-0.25, -0.2) is 8.78 Å². The Balaban J connectivity index is 2.84. The van der Waals surface area contributed by atoms with Gasteiger partial charge in [-0.05, 0) is 18.4 Å². The molecular weight excluding hydrogens is 184 g/mol. The summed E-state index contributed by atoms with van der Waals surface area (Å²) in [4.78, 5) is 0. The van der Waals surface area contributed by atoms with E-state index in [0.717, 1.165) is 6.07 Å². The molecule has 1 aromatic rings. The van der Waals surface area contributed by atoms with E-state index in [1.807, 2.05) is 13.8 Å². The van der Waals surface area contributed by atoms with Crippen LogP contribution in [0.4, 0.5) is 8.78 Å². The van der Waals surface area contributed by atoms with E-state index < -0.39 is 11.6 Å². The van der Waals surface area contributed by atoms with Gasteiger partial charge in [0.25, 0.3) is 0 Å². The minimum atomic E-state index is -0.567. The first-order valence-corrected chi connectivity index (χ1v) is 4.71. The third-order valence-corrected chi connectivity index (χ3v) is 2.09. The molecule has 0 saturated carbocycles. The van der Waals surface area contributed by atoms with Crippen molar-refractivity contribution in [1.82, 2.24) is 0 Å². The summed E-state index contributed by atoms with van der Waals surface area (Å²) in [5, 5.41) is 0. The Morgan fingerprint density at radius 1 is 1.29 bits per heavy atom. The van der Waals surface area contributed by atoms with Crippen molar-refractivity contribution in [3.05, 3.63) is 35.4 Å². The van der Waals surface area contributed by atoms with E-state index in [9.17, 15) is 8.78 Å². The average molecular weight is 199 g/mol. The van der Waals surface area contributed by atoms with E-state index in [1.165, 1.54) is 12.1 Å². The highest BCUT2D eigenvalue weighted by Gasteiger charge is 2.13. The predicted molar refractivity (Wildman–Crippen MR) is 52.7 cm³/mol. The summed E-state index contributed by atoms with van der Waals surface area (Å²) >= 11 is 0. The molecule has 1 unspecified atom stereocenters. The van der Waals surface area contributed by atoms with Crippen LogP contribution in [0.2, 0.25) is 0 Å². The van der Waals surface area contributed by atoms with Crippen molar-refractivity contribution in [3.63, 3.8) is 0 Å². The van der Waals surface area contributed by atoms with Crippen LogP contribution >= 0.6 is 0 Å². The molecule has 0 aliphatic rings. The zero-order chi connectivity index (χ0) is 10.7. The largest absolute Gasteiger partial charge is 0.324 e. The van der Waals surface area contributed by atoms with Crippen molar-refractivity contribution in [2.45, 2.75) is 26.3 Å². The van der Waals surface area contributed by atoms with E-state index in [0.29, 0.717) is 17.9 Å². The zero-order valence-electron chi connectivity index (χ0n) is 8.43. The fourth-order valence-electron chi connectivity index (χ4n) is 1.44. The lowest BCUT2D eigenvalue weighted by molar-refractivity contribution is 0.485. The Hall–Kier alpha value is -0.960. The number of hydrogen-bond donors (Lipinski definition) is 1. The fourth-order valence-corrected chi connectivity index (χ4v) is 1.44. The van der Waals surface area contributed by atoms with Gasteiger partial charge in [-0.2, -0.15) is 0 Å². The number of benzene rings is 1. The Kier molecular flexibility index (Phi) is 3.58. The first kappa shape index (κ1) is 11.1. The molecule has 0 aliphatic carbocycles. The topological polar surface area (TPSA) is 26.0 Å². The fraction of sp³-hybridized carbons (Fsp3) is 0.455. The Labute approximate surface area is 82.9 Å². The smallest absolute Gasteiger partial charge is 0.130 e. The van der Waals surface area contributed by atoms with E-state index in [1.54, 1.807) is 0 Å². The van der Waals surface area contributed by atoms with Crippen LogP contribution in [0.3, 0.4) is 0 Å². The van der Waals surface area contributed by atoms with E-state index in [-0.39, 0.29) is 6.04 Å². The number of halogens is 2. The van der Waals surface area contributed by atoms with Crippen LogP contribution < -0.4 is 5.73 Å². The molecule has 0 aliphatic heterocycles. The van der Waals surface area contributed by atoms with E-state index in [2.05, 4.69) is 0 Å². The lowest BCUT2D eigenvalue weighted by atomic mass is 9.97. The second kappa shape index (κ2) is 4.51. The minimum Gasteiger partial charge on any atom is -0.324 e. The Morgan fingerprint density at radius 2 is 1.93 bits per heavy atom. The Bertz CT molecular complexity index is 310. The van der Waals surface area contributed by atoms with Crippen LogP contribution in [0, 0.1) is 17.6 Å². The molecule has 0 fully saturated rings. The maximum Gasteiger partial charge on any atom is 0.130 e. The van der Waals surface area contributed by atoms with Crippen LogP contribution in [0.5, 0.6) is 0 Å². The van der Waals surface area contributed by atoms with Crippen LogP contribution in [0.15, 0.2) is 18.2 Å². The highest BCUT2D eigenvalue weighted by atomic mass is 19.1. The first-order chi connectivity index (χ1) is 6.50. The van der Waals surface area contributed by atoms with Gasteiger partial charge in [-0.1, -0.05) is 19.9 Å². The molecule has 0 amide bonds. The van der Waals surface area contributed by atoms with Crippen molar-refractivity contribution >= 4 is 0 Å². The number of rotatable bonds is 3. The lowest BCUT2D eigenvalue weighted by Gasteiger charge is -2.14. The molecule has 1 atom stereocenters. The van der Waals surface area contributed by atoms with Crippen molar-refractivity contribution in [2.75, 3.05) is 0 Å². The standard InChI is InChI=1S/C11H15F2N/c1-7(2)5-11(14)9-4-3-8(12)6-10(9)13/h3-4,6-7,11H,5,14H2,1-2H3. The van der Waals surface area contributed by atoms with Gasteiger partial charge in [-0.3, -0.25) is 0 Å². The summed E-state index contributed by atoms with van der Waals surface area (Å²) in [6, 6.07) is 3.17. The lowest BCUT2D eigenvalue weighted by Crippen LogP contribution is -2.14. The second-order valence-electron chi connectivity index (χ2n) is 3.90. The molecule has 1 nitrogen and oxygen atoms in total. The van der Waals surface area contributed by atoms with Crippen molar-refractivity contribution < 1.29 is 8.78 Å². The average Bonchev–Trinajstić information content (AvgIpc) is 2.01. The first-order valence-electron chi connectivity index (χ1n) is 4.71. The molecule has 0 bridgehead atoms. The molecule has 0 spiro atoms. The van der Waals surface area contributed by atoms with Crippen molar-refractivity contribution in [2.24, 2.45) is 11.7 Å². The zero-order valence-corrected chi connectivity index (χ0v) is 8.43. The van der Waals surface area contributed by atoms with Gasteiger partial charge in [-0.15, -0.1) is 0 Å². The van der Waals surface area contributed by atoms with Gasteiger partial charge in [0.1, 0.15) is 11.6 Å². The van der Waals surface area contributed by atoms with Gasteiger partial charge >= 0.3 is 0 Å². The third-order valence-electron chi connectivity index (χ3n) is 2.09. The summed E-state index contributed by atoms with van der Waals surface area (Å²) in [6.45, 7) is 4.03. The quantitative estimate of drug-likeness (QED) is 0.795. The number of hydrogen-bond acceptors (Lipinski definition) is 1. The van der Waals surface area contributed by atoms with Crippen LogP contribution in [-0.4, -0.2) is 0 Å². The molecule has 78 valence electrons. The third kappa shape index (κ3) is 2.77. The summed E-state index contributed by atoms with van der Waals surface area (Å²) in [5.41, 5.74) is 6.17. The molecule has 3 heteroatoms. The normalized spacial score (nSPS) is 13.3. The summed E-state index contributed by atoms with van der Waals surface area (Å²) in [6.07, 6.45) is 0.697. The molecule has 0 saturated heterocycles. The van der Waals surface area contributed by atoms with Gasteiger partial charge in [0.2, 0.25) is 0 Å². The predicted octanol–water partition coefficient (Wildman–Crippen LogP) is 3.01. The minimum absolute atomic E-state index is 0.351. The molecule has 0 heterocycles. The van der Waals surface area contributed by atoms with Crippen molar-refractivity contribution in [3.8, 4) is 0 Å². The van der Waals surface area contributed by atoms with Gasteiger partial charge < -0.3 is 5.73 Å². The Morgan fingerprint density at radius 3 is 2.43 bits per heavy atom. The number of nitrogens with two attached hydrogens (primary N) is 1. The van der Waals surface area contributed by atoms with Crippen LogP contribution in [0.25, 0.3) is 0 Å². The maximum atomic E-state index is 13.2. The van der Waals surface area contributed by atoms with E-state index in [4.69, 9.17) is 5.73 Å². The summed E-state index contributed by atoms with van der Waals surface area (Å²) < 4.78 is 25.8. The molecular formula is C11H15F2N. The van der Waals surface area contributed by atoms with E-state index >= 15 is 0 Å². The molecule has 14 heavy (non-hydrogen) atoms. The van der Waals surface area contributed by atoms with Gasteiger partial charge in [0.15, 0.2) is 0 Å². The highest BCUT2D eigenvalue weighted by molar-refractivity contribution is 5.21. The van der Waals surface area contributed by atoms with Crippen LogP contribution in [0.1, 0.15) is 31.9 Å². The maximum absolute atomic E-state index is 13.2. The molecule has 1 rings (SSSR count). The highest BCUT2D eigenvalue weighted by Crippen LogP contribution is 2.21. The summed E-state index contributed by atoms with van der Waals surface area (Å²) in [5.74, 6) is -0.726. The molecule has 1 aromatic carbocycles. The SMILES string of the molecule is CC(C)CC(N)c1ccc(F)cc1F. The van der Waals surface area contributed by atoms with Gasteiger partial charge in [0, 0.05) is 17.7 Å². The molecule has 0 aromatic heterocycles.